The molecule has 2 amide bonds. The summed E-state index contributed by atoms with van der Waals surface area (Å²) in [4.78, 5) is 39.1. The largest absolute Gasteiger partial charge is 0.363 e. The predicted octanol–water partition coefficient (Wildman–Crippen LogP) is 4.21. The van der Waals surface area contributed by atoms with Crippen LogP contribution in [0.2, 0.25) is 0 Å². The smallest absolute Gasteiger partial charge is 0.325 e. The van der Waals surface area contributed by atoms with Crippen molar-refractivity contribution in [2.75, 3.05) is 0 Å². The van der Waals surface area contributed by atoms with Crippen LogP contribution in [0, 0.1) is 11.8 Å². The first kappa shape index (κ1) is 19.6. The molecule has 1 saturated heterocycles. The number of hydrogen-bond acceptors (Lipinski definition) is 4. The Kier molecular flexibility index (Phi) is 4.29. The third kappa shape index (κ3) is 2.08. The third-order valence-corrected chi connectivity index (χ3v) is 9.31. The van der Waals surface area contributed by atoms with Gasteiger partial charge in [-0.2, -0.15) is 0 Å². The standard InChI is InChI=1S/C16H7Cl6NO4/c17-9-10(18)15(20)8-7(14(9,19)16(15,21)22)11(24)23(12(8)25)27-13(26)6-4-2-1-3-5-6/h1-5,7-8H/t7-,8-,14+,15+/m1/s1. The predicted molar refractivity (Wildman–Crippen MR) is 101 cm³/mol. The molecule has 2 bridgehead atoms. The zero-order valence-corrected chi connectivity index (χ0v) is 17.4. The van der Waals surface area contributed by atoms with Crippen LogP contribution in [0.5, 0.6) is 0 Å². The molecule has 142 valence electrons. The van der Waals surface area contributed by atoms with Crippen molar-refractivity contribution in [3.8, 4) is 0 Å². The van der Waals surface area contributed by atoms with Gasteiger partial charge in [-0.1, -0.05) is 64.6 Å². The van der Waals surface area contributed by atoms with Gasteiger partial charge in [-0.15, -0.1) is 28.3 Å². The highest BCUT2D eigenvalue weighted by molar-refractivity contribution is 6.66. The van der Waals surface area contributed by atoms with Crippen LogP contribution in [0.3, 0.4) is 0 Å². The number of allylic oxidation sites excluding steroid dienone is 2. The summed E-state index contributed by atoms with van der Waals surface area (Å²) in [6.07, 6.45) is 0. The van der Waals surface area contributed by atoms with Gasteiger partial charge in [0.25, 0.3) is 11.8 Å². The summed E-state index contributed by atoms with van der Waals surface area (Å²) in [6.45, 7) is 0. The molecule has 0 spiro atoms. The maximum absolute atomic E-state index is 12.9. The average Bonchev–Trinajstić information content (AvgIpc) is 3.01. The monoisotopic (exact) mass is 487 g/mol. The van der Waals surface area contributed by atoms with Crippen LogP contribution < -0.4 is 0 Å². The van der Waals surface area contributed by atoms with Gasteiger partial charge in [-0.25, -0.2) is 4.79 Å². The summed E-state index contributed by atoms with van der Waals surface area (Å²) in [5.41, 5.74) is 0.137. The molecule has 1 aromatic rings. The normalized spacial score (nSPS) is 36.4. The molecule has 2 aliphatic carbocycles. The molecule has 2 fully saturated rings. The lowest BCUT2D eigenvalue weighted by atomic mass is 9.84. The molecular weight excluding hydrogens is 483 g/mol. The van der Waals surface area contributed by atoms with Crippen molar-refractivity contribution in [2.45, 2.75) is 14.1 Å². The number of fused-ring (bicyclic) bond motifs is 5. The minimum atomic E-state index is -2.03. The van der Waals surface area contributed by atoms with Crippen molar-refractivity contribution >= 4 is 87.4 Å². The van der Waals surface area contributed by atoms with Gasteiger partial charge in [0.2, 0.25) is 0 Å². The Balaban J connectivity index is 1.74. The van der Waals surface area contributed by atoms with E-state index in [9.17, 15) is 14.4 Å². The van der Waals surface area contributed by atoms with Crippen molar-refractivity contribution in [3.63, 3.8) is 0 Å². The van der Waals surface area contributed by atoms with E-state index in [2.05, 4.69) is 0 Å². The lowest BCUT2D eigenvalue weighted by Gasteiger charge is -2.34. The van der Waals surface area contributed by atoms with E-state index >= 15 is 0 Å². The minimum Gasteiger partial charge on any atom is -0.325 e. The molecule has 1 aliphatic heterocycles. The van der Waals surface area contributed by atoms with E-state index < -0.39 is 43.7 Å². The van der Waals surface area contributed by atoms with Crippen LogP contribution in [-0.2, 0) is 14.4 Å². The number of amides is 2. The topological polar surface area (TPSA) is 63.7 Å². The second-order valence-electron chi connectivity index (χ2n) is 6.30. The summed E-state index contributed by atoms with van der Waals surface area (Å²) in [5.74, 6) is -5.47. The summed E-state index contributed by atoms with van der Waals surface area (Å²) < 4.78 is -2.03. The van der Waals surface area contributed by atoms with E-state index in [0.717, 1.165) is 0 Å². The third-order valence-electron chi connectivity index (χ3n) is 5.05. The highest BCUT2D eigenvalue weighted by Crippen LogP contribution is 2.77. The number of hydrogen-bond donors (Lipinski definition) is 0. The molecule has 27 heavy (non-hydrogen) atoms. The van der Waals surface area contributed by atoms with Crippen LogP contribution in [0.4, 0.5) is 0 Å². The number of nitrogens with zero attached hydrogens (tertiary/aromatic N) is 1. The summed E-state index contributed by atoms with van der Waals surface area (Å²) in [7, 11) is 0. The quantitative estimate of drug-likeness (QED) is 0.461. The van der Waals surface area contributed by atoms with Gasteiger partial charge in [0.15, 0.2) is 4.33 Å². The number of benzene rings is 1. The Morgan fingerprint density at radius 3 is 1.78 bits per heavy atom. The Labute approximate surface area is 183 Å². The first-order valence-electron chi connectivity index (χ1n) is 7.48. The highest BCUT2D eigenvalue weighted by Gasteiger charge is 2.88. The summed E-state index contributed by atoms with van der Waals surface area (Å²) >= 11 is 38.1. The van der Waals surface area contributed by atoms with E-state index in [1.165, 1.54) is 12.1 Å². The second-order valence-corrected chi connectivity index (χ2v) is 9.57. The first-order valence-corrected chi connectivity index (χ1v) is 9.75. The van der Waals surface area contributed by atoms with Gasteiger partial charge in [-0.3, -0.25) is 9.59 Å². The van der Waals surface area contributed by atoms with Gasteiger partial charge in [-0.05, 0) is 12.1 Å². The number of rotatable bonds is 2. The highest BCUT2D eigenvalue weighted by atomic mass is 35.5. The maximum atomic E-state index is 12.9. The molecule has 0 radical (unpaired) electrons. The van der Waals surface area contributed by atoms with Gasteiger partial charge >= 0.3 is 5.97 Å². The number of hydroxylamine groups is 2. The van der Waals surface area contributed by atoms with Crippen molar-refractivity contribution < 1.29 is 19.2 Å². The fraction of sp³-hybridized carbons (Fsp3) is 0.312. The molecule has 0 N–H and O–H groups in total. The summed E-state index contributed by atoms with van der Waals surface area (Å²) in [6, 6.07) is 7.80. The number of carbonyl (C=O) groups excluding carboxylic acids is 3. The number of alkyl halides is 4. The SMILES string of the molecule is O=C(ON1C(=O)[C@H]2[C@H](C1=O)[C@]1(Cl)C(Cl)=C(Cl)[C@]2(Cl)C1(Cl)Cl)c1ccccc1. The average molecular weight is 490 g/mol. The van der Waals surface area contributed by atoms with Gasteiger partial charge in [0, 0.05) is 0 Å². The Bertz CT molecular complexity index is 888. The lowest BCUT2D eigenvalue weighted by Crippen LogP contribution is -2.50. The molecule has 1 aromatic carbocycles. The zero-order valence-electron chi connectivity index (χ0n) is 12.9. The van der Waals surface area contributed by atoms with E-state index in [-0.39, 0.29) is 15.6 Å². The van der Waals surface area contributed by atoms with Gasteiger partial charge in [0.1, 0.15) is 9.75 Å². The molecule has 4 rings (SSSR count). The second kappa shape index (κ2) is 5.91. The van der Waals surface area contributed by atoms with Crippen molar-refractivity contribution in [1.29, 1.82) is 0 Å². The summed E-state index contributed by atoms with van der Waals surface area (Å²) in [5, 5.41) is -0.115. The molecule has 3 aliphatic rings. The maximum Gasteiger partial charge on any atom is 0.363 e. The fourth-order valence-corrected chi connectivity index (χ4v) is 6.70. The fourth-order valence-electron chi connectivity index (χ4n) is 3.77. The molecule has 0 aromatic heterocycles. The molecule has 4 atom stereocenters. The molecule has 0 unspecified atom stereocenters. The molecular formula is C16H7Cl6NO4. The van der Waals surface area contributed by atoms with Crippen LogP contribution in [0.25, 0.3) is 0 Å². The zero-order chi connectivity index (χ0) is 19.9. The lowest BCUT2D eigenvalue weighted by molar-refractivity contribution is -0.175. The first-order chi connectivity index (χ1) is 12.5. The molecule has 1 heterocycles. The number of carbonyl (C=O) groups is 3. The van der Waals surface area contributed by atoms with Crippen molar-refractivity contribution in [2.24, 2.45) is 11.8 Å². The van der Waals surface area contributed by atoms with Crippen LogP contribution >= 0.6 is 69.6 Å². The van der Waals surface area contributed by atoms with Crippen molar-refractivity contribution in [1.82, 2.24) is 5.06 Å². The molecule has 5 nitrogen and oxygen atoms in total. The minimum absolute atomic E-state index is 0.137. The number of imide groups is 1. The van der Waals surface area contributed by atoms with Crippen LogP contribution in [0.15, 0.2) is 40.4 Å². The number of halogens is 6. The molecule has 1 saturated carbocycles. The van der Waals surface area contributed by atoms with Crippen LogP contribution in [0.1, 0.15) is 10.4 Å². The van der Waals surface area contributed by atoms with Gasteiger partial charge in [0.05, 0.1) is 27.5 Å². The van der Waals surface area contributed by atoms with E-state index in [4.69, 9.17) is 74.4 Å². The molecule has 11 heteroatoms. The van der Waals surface area contributed by atoms with E-state index in [1.54, 1.807) is 18.2 Å². The Morgan fingerprint density at radius 2 is 1.33 bits per heavy atom. The Morgan fingerprint density at radius 1 is 0.889 bits per heavy atom. The van der Waals surface area contributed by atoms with Crippen LogP contribution in [-0.4, -0.2) is 36.9 Å². The van der Waals surface area contributed by atoms with Gasteiger partial charge < -0.3 is 4.84 Å². The van der Waals surface area contributed by atoms with Crippen molar-refractivity contribution in [3.05, 3.63) is 46.0 Å². The van der Waals surface area contributed by atoms with E-state index in [1.807, 2.05) is 0 Å². The Hall–Kier alpha value is -0.690. The van der Waals surface area contributed by atoms with E-state index in [0.29, 0.717) is 5.06 Å².